The minimum atomic E-state index is -2.92. The Morgan fingerprint density at radius 1 is 1.38 bits per heavy atom. The van der Waals surface area contributed by atoms with E-state index in [1.807, 2.05) is 0 Å². The Labute approximate surface area is 149 Å². The standard InChI is InChI=1S/C15H12ClF2N5O3/c1-6(20-15(25)26)13-21-11-8(16)3-2-7(12(17)18)10(11)14(24)23(13)9-4-5-19-22-9/h2-6,12,20H,1H3,(H,19,22)(H,25,26). The first kappa shape index (κ1) is 17.8. The van der Waals surface area contributed by atoms with Crippen molar-refractivity contribution in [1.82, 2.24) is 25.1 Å². The van der Waals surface area contributed by atoms with E-state index in [0.29, 0.717) is 0 Å². The number of alkyl halides is 2. The number of rotatable bonds is 4. The Hall–Kier alpha value is -3.01. The molecule has 0 radical (unpaired) electrons. The van der Waals surface area contributed by atoms with Crippen molar-refractivity contribution >= 4 is 28.6 Å². The van der Waals surface area contributed by atoms with Gasteiger partial charge in [-0.1, -0.05) is 17.7 Å². The molecule has 1 amide bonds. The van der Waals surface area contributed by atoms with Crippen LogP contribution in [0, 0.1) is 0 Å². The quantitative estimate of drug-likeness (QED) is 0.641. The van der Waals surface area contributed by atoms with E-state index in [4.69, 9.17) is 16.7 Å². The van der Waals surface area contributed by atoms with Gasteiger partial charge in [0.25, 0.3) is 12.0 Å². The van der Waals surface area contributed by atoms with Gasteiger partial charge in [-0.3, -0.25) is 9.89 Å². The van der Waals surface area contributed by atoms with Gasteiger partial charge in [-0.15, -0.1) is 0 Å². The number of amides is 1. The Morgan fingerprint density at radius 2 is 2.12 bits per heavy atom. The van der Waals surface area contributed by atoms with Gasteiger partial charge in [0.2, 0.25) is 0 Å². The van der Waals surface area contributed by atoms with Crippen molar-refractivity contribution in [1.29, 1.82) is 0 Å². The molecule has 0 spiro atoms. The molecule has 2 heterocycles. The molecule has 136 valence electrons. The van der Waals surface area contributed by atoms with Crippen LogP contribution in [0.25, 0.3) is 16.7 Å². The average molecular weight is 384 g/mol. The normalized spacial score (nSPS) is 12.5. The highest BCUT2D eigenvalue weighted by Crippen LogP contribution is 2.30. The topological polar surface area (TPSA) is 113 Å². The van der Waals surface area contributed by atoms with Crippen LogP contribution in [0.15, 0.2) is 29.2 Å². The molecule has 1 aromatic carbocycles. The number of benzene rings is 1. The fraction of sp³-hybridized carbons (Fsp3) is 0.200. The van der Waals surface area contributed by atoms with Crippen molar-refractivity contribution in [2.75, 3.05) is 0 Å². The minimum absolute atomic E-state index is 0.00188. The van der Waals surface area contributed by atoms with Gasteiger partial charge < -0.3 is 10.4 Å². The molecule has 0 aliphatic rings. The third-order valence-corrected chi connectivity index (χ3v) is 4.03. The molecular weight excluding hydrogens is 372 g/mol. The zero-order chi connectivity index (χ0) is 19.0. The fourth-order valence-electron chi connectivity index (χ4n) is 2.62. The molecule has 26 heavy (non-hydrogen) atoms. The first-order chi connectivity index (χ1) is 12.3. The van der Waals surface area contributed by atoms with E-state index in [0.717, 1.165) is 10.6 Å². The molecule has 1 unspecified atom stereocenters. The zero-order valence-electron chi connectivity index (χ0n) is 13.2. The van der Waals surface area contributed by atoms with Crippen molar-refractivity contribution in [2.45, 2.75) is 19.4 Å². The van der Waals surface area contributed by atoms with Crippen LogP contribution in [0.3, 0.4) is 0 Å². The second kappa shape index (κ2) is 6.71. The smallest absolute Gasteiger partial charge is 0.405 e. The predicted octanol–water partition coefficient (Wildman–Crippen LogP) is 3.03. The molecule has 0 saturated carbocycles. The van der Waals surface area contributed by atoms with E-state index in [9.17, 15) is 18.4 Å². The SMILES string of the molecule is CC(NC(=O)O)c1nc2c(Cl)ccc(C(F)F)c2c(=O)n1-c1ccn[nH]1. The van der Waals surface area contributed by atoms with Crippen molar-refractivity contribution in [2.24, 2.45) is 0 Å². The Bertz CT molecular complexity index is 1040. The van der Waals surface area contributed by atoms with Gasteiger partial charge in [-0.2, -0.15) is 5.10 Å². The minimum Gasteiger partial charge on any atom is -0.465 e. The Balaban J connectivity index is 2.43. The summed E-state index contributed by atoms with van der Waals surface area (Å²) >= 11 is 6.05. The Kier molecular flexibility index (Phi) is 4.60. The molecule has 0 aliphatic carbocycles. The average Bonchev–Trinajstić information content (AvgIpc) is 3.08. The maximum absolute atomic E-state index is 13.4. The highest BCUT2D eigenvalue weighted by atomic mass is 35.5. The molecule has 0 bridgehead atoms. The number of nitrogens with one attached hydrogen (secondary N) is 2. The lowest BCUT2D eigenvalue weighted by molar-refractivity contribution is 0.153. The van der Waals surface area contributed by atoms with Crippen molar-refractivity contribution in [3.05, 3.63) is 51.2 Å². The summed E-state index contributed by atoms with van der Waals surface area (Å²) < 4.78 is 27.8. The van der Waals surface area contributed by atoms with Crippen LogP contribution in [0.2, 0.25) is 5.02 Å². The third kappa shape index (κ3) is 2.99. The van der Waals surface area contributed by atoms with Crippen LogP contribution in [-0.2, 0) is 0 Å². The molecule has 8 nitrogen and oxygen atoms in total. The molecule has 2 aromatic heterocycles. The summed E-state index contributed by atoms with van der Waals surface area (Å²) in [5.41, 5.74) is -1.45. The van der Waals surface area contributed by atoms with E-state index < -0.39 is 29.7 Å². The lowest BCUT2D eigenvalue weighted by Crippen LogP contribution is -2.33. The lowest BCUT2D eigenvalue weighted by atomic mass is 10.1. The number of carboxylic acid groups (broad SMARTS) is 1. The maximum atomic E-state index is 13.4. The molecule has 3 rings (SSSR count). The predicted molar refractivity (Wildman–Crippen MR) is 89.0 cm³/mol. The number of aromatic amines is 1. The number of carbonyl (C=O) groups is 1. The fourth-order valence-corrected chi connectivity index (χ4v) is 2.82. The van der Waals surface area contributed by atoms with Crippen molar-refractivity contribution < 1.29 is 18.7 Å². The molecule has 11 heteroatoms. The number of nitrogens with zero attached hydrogens (tertiary/aromatic N) is 3. The van der Waals surface area contributed by atoms with Crippen LogP contribution in [0.4, 0.5) is 13.6 Å². The molecule has 3 aromatic rings. The van der Waals surface area contributed by atoms with Crippen molar-refractivity contribution in [3.63, 3.8) is 0 Å². The third-order valence-electron chi connectivity index (χ3n) is 3.72. The van der Waals surface area contributed by atoms with Gasteiger partial charge in [-0.05, 0) is 13.0 Å². The maximum Gasteiger partial charge on any atom is 0.405 e. The summed E-state index contributed by atoms with van der Waals surface area (Å²) in [4.78, 5) is 28.2. The second-order valence-electron chi connectivity index (χ2n) is 5.38. The molecule has 3 N–H and O–H groups in total. The number of aromatic nitrogens is 4. The molecular formula is C15H12ClF2N5O3. The highest BCUT2D eigenvalue weighted by Gasteiger charge is 2.24. The number of hydrogen-bond donors (Lipinski definition) is 3. The zero-order valence-corrected chi connectivity index (χ0v) is 14.0. The van der Waals surface area contributed by atoms with E-state index in [1.165, 1.54) is 25.3 Å². The van der Waals surface area contributed by atoms with Gasteiger partial charge in [0, 0.05) is 11.6 Å². The summed E-state index contributed by atoms with van der Waals surface area (Å²) in [5, 5.41) is 17.1. The van der Waals surface area contributed by atoms with Gasteiger partial charge in [0.15, 0.2) is 0 Å². The largest absolute Gasteiger partial charge is 0.465 e. The number of H-pyrrole nitrogens is 1. The van der Waals surface area contributed by atoms with Gasteiger partial charge in [0.1, 0.15) is 11.6 Å². The number of fused-ring (bicyclic) bond motifs is 1. The lowest BCUT2D eigenvalue weighted by Gasteiger charge is -2.18. The summed E-state index contributed by atoms with van der Waals surface area (Å²) in [6.45, 7) is 1.46. The van der Waals surface area contributed by atoms with E-state index in [2.05, 4.69) is 20.5 Å². The first-order valence-electron chi connectivity index (χ1n) is 7.33. The summed E-state index contributed by atoms with van der Waals surface area (Å²) in [7, 11) is 0. The van der Waals surface area contributed by atoms with Crippen LogP contribution in [0.1, 0.15) is 30.8 Å². The summed E-state index contributed by atoms with van der Waals surface area (Å²) in [5.74, 6) is 0.126. The summed E-state index contributed by atoms with van der Waals surface area (Å²) in [6, 6.07) is 2.78. The van der Waals surface area contributed by atoms with E-state index >= 15 is 0 Å². The monoisotopic (exact) mass is 383 g/mol. The molecule has 0 fully saturated rings. The van der Waals surface area contributed by atoms with Crippen LogP contribution in [-0.4, -0.2) is 30.9 Å². The van der Waals surface area contributed by atoms with E-state index in [1.54, 1.807) is 0 Å². The number of hydrogen-bond acceptors (Lipinski definition) is 4. The Morgan fingerprint density at radius 3 is 2.69 bits per heavy atom. The molecule has 0 saturated heterocycles. The van der Waals surface area contributed by atoms with E-state index in [-0.39, 0.29) is 27.6 Å². The second-order valence-corrected chi connectivity index (χ2v) is 5.79. The van der Waals surface area contributed by atoms with Gasteiger partial charge >= 0.3 is 6.09 Å². The van der Waals surface area contributed by atoms with Gasteiger partial charge in [-0.25, -0.2) is 23.1 Å². The van der Waals surface area contributed by atoms with Crippen LogP contribution < -0.4 is 10.9 Å². The van der Waals surface area contributed by atoms with Crippen LogP contribution >= 0.6 is 11.6 Å². The van der Waals surface area contributed by atoms with Gasteiger partial charge in [0.05, 0.1) is 28.2 Å². The summed E-state index contributed by atoms with van der Waals surface area (Å²) in [6.07, 6.45) is -2.90. The van der Waals surface area contributed by atoms with Crippen molar-refractivity contribution in [3.8, 4) is 5.82 Å². The molecule has 1 atom stereocenters. The van der Waals surface area contributed by atoms with Crippen LogP contribution in [0.5, 0.6) is 0 Å². The first-order valence-corrected chi connectivity index (χ1v) is 7.71. The molecule has 0 aliphatic heterocycles. The highest BCUT2D eigenvalue weighted by molar-refractivity contribution is 6.35. The number of halogens is 3.